The number of hydrogen-bond acceptors (Lipinski definition) is 3. The molecule has 78 valence electrons. The summed E-state index contributed by atoms with van der Waals surface area (Å²) in [7, 11) is 2.96. The summed E-state index contributed by atoms with van der Waals surface area (Å²) >= 11 is 0. The van der Waals surface area contributed by atoms with Gasteiger partial charge in [-0.2, -0.15) is 0 Å². The van der Waals surface area contributed by atoms with Crippen LogP contribution in [-0.4, -0.2) is 20.2 Å². The molecule has 0 aromatic carbocycles. The van der Waals surface area contributed by atoms with Crippen LogP contribution in [0, 0.1) is 5.41 Å². The molecular weight excluding hydrogens is 180 g/mol. The van der Waals surface area contributed by atoms with Crippen molar-refractivity contribution in [2.24, 2.45) is 5.41 Å². The minimum absolute atomic E-state index is 0.287. The van der Waals surface area contributed by atoms with E-state index in [1.807, 2.05) is 19.1 Å². The van der Waals surface area contributed by atoms with Crippen molar-refractivity contribution in [3.8, 4) is 0 Å². The molecule has 1 unspecified atom stereocenters. The molecule has 0 saturated heterocycles. The van der Waals surface area contributed by atoms with E-state index in [0.717, 1.165) is 12.0 Å². The third-order valence-corrected chi connectivity index (χ3v) is 2.49. The van der Waals surface area contributed by atoms with E-state index in [4.69, 9.17) is 9.47 Å². The Kier molecular flexibility index (Phi) is 2.99. The third kappa shape index (κ3) is 1.67. The van der Waals surface area contributed by atoms with Crippen LogP contribution < -0.4 is 0 Å². The Morgan fingerprint density at radius 2 is 2.14 bits per heavy atom. The van der Waals surface area contributed by atoms with Crippen molar-refractivity contribution < 1.29 is 14.3 Å². The molecule has 0 aromatic heterocycles. The van der Waals surface area contributed by atoms with Crippen LogP contribution >= 0.6 is 0 Å². The monoisotopic (exact) mass is 196 g/mol. The largest absolute Gasteiger partial charge is 0.500 e. The molecule has 0 amide bonds. The van der Waals surface area contributed by atoms with Crippen molar-refractivity contribution in [3.05, 3.63) is 23.5 Å². The maximum absolute atomic E-state index is 11.6. The van der Waals surface area contributed by atoms with Gasteiger partial charge in [0.2, 0.25) is 0 Å². The van der Waals surface area contributed by atoms with Gasteiger partial charge in [0.15, 0.2) is 0 Å². The van der Waals surface area contributed by atoms with Gasteiger partial charge in [-0.15, -0.1) is 0 Å². The number of esters is 1. The highest BCUT2D eigenvalue weighted by molar-refractivity contribution is 5.82. The lowest BCUT2D eigenvalue weighted by atomic mass is 9.81. The summed E-state index contributed by atoms with van der Waals surface area (Å²) in [5.74, 6) is 0.375. The number of carbonyl (C=O) groups is 1. The highest BCUT2D eigenvalue weighted by Gasteiger charge is 2.39. The summed E-state index contributed by atoms with van der Waals surface area (Å²) in [6.07, 6.45) is 4.65. The fourth-order valence-corrected chi connectivity index (χ4v) is 1.76. The molecular formula is C11H16O3. The van der Waals surface area contributed by atoms with E-state index < -0.39 is 5.41 Å². The molecule has 1 aliphatic rings. The summed E-state index contributed by atoms with van der Waals surface area (Å²) < 4.78 is 9.96. The van der Waals surface area contributed by atoms with Crippen LogP contribution in [0.5, 0.6) is 0 Å². The number of hydrogen-bond donors (Lipinski definition) is 0. The minimum atomic E-state index is -0.758. The van der Waals surface area contributed by atoms with Crippen molar-refractivity contribution in [2.75, 3.05) is 14.2 Å². The molecule has 3 heteroatoms. The molecule has 0 spiro atoms. The predicted molar refractivity (Wildman–Crippen MR) is 53.6 cm³/mol. The van der Waals surface area contributed by atoms with E-state index in [1.165, 1.54) is 7.11 Å². The lowest BCUT2D eigenvalue weighted by Gasteiger charge is -2.28. The third-order valence-electron chi connectivity index (χ3n) is 2.49. The zero-order valence-corrected chi connectivity index (χ0v) is 9.09. The van der Waals surface area contributed by atoms with Crippen LogP contribution in [-0.2, 0) is 14.3 Å². The van der Waals surface area contributed by atoms with Gasteiger partial charge in [-0.25, -0.2) is 0 Å². The lowest BCUT2D eigenvalue weighted by molar-refractivity contribution is -0.148. The molecule has 0 N–H and O–H groups in total. The molecule has 0 radical (unpaired) electrons. The second kappa shape index (κ2) is 3.86. The second-order valence-electron chi connectivity index (χ2n) is 3.66. The van der Waals surface area contributed by atoms with Crippen molar-refractivity contribution >= 4 is 5.97 Å². The average Bonchev–Trinajstić information content (AvgIpc) is 2.16. The number of allylic oxidation sites excluding steroid dienone is 2. The van der Waals surface area contributed by atoms with Gasteiger partial charge in [0.25, 0.3) is 0 Å². The fraction of sp³-hybridized carbons (Fsp3) is 0.545. The molecule has 0 fully saturated rings. The van der Waals surface area contributed by atoms with Gasteiger partial charge >= 0.3 is 5.97 Å². The Morgan fingerprint density at radius 3 is 2.64 bits per heavy atom. The first-order chi connectivity index (χ1) is 6.54. The van der Waals surface area contributed by atoms with Gasteiger partial charge in [-0.05, 0) is 26.3 Å². The maximum Gasteiger partial charge on any atom is 0.323 e. The Bertz CT molecular complexity index is 302. The van der Waals surface area contributed by atoms with Crippen LogP contribution in [0.15, 0.2) is 23.5 Å². The molecule has 0 aromatic rings. The van der Waals surface area contributed by atoms with Crippen molar-refractivity contribution in [2.45, 2.75) is 20.3 Å². The number of methoxy groups -OCH3 is 2. The Balaban J connectivity index is 3.07. The topological polar surface area (TPSA) is 35.5 Å². The highest BCUT2D eigenvalue weighted by Crippen LogP contribution is 2.36. The van der Waals surface area contributed by atoms with Crippen LogP contribution in [0.4, 0.5) is 0 Å². The highest BCUT2D eigenvalue weighted by atomic mass is 16.5. The zero-order valence-electron chi connectivity index (χ0n) is 9.09. The van der Waals surface area contributed by atoms with Crippen LogP contribution in [0.25, 0.3) is 0 Å². The quantitative estimate of drug-likeness (QED) is 0.501. The van der Waals surface area contributed by atoms with Gasteiger partial charge in [0.1, 0.15) is 11.2 Å². The molecule has 0 heterocycles. The van der Waals surface area contributed by atoms with E-state index in [9.17, 15) is 4.79 Å². The SMILES string of the molecule is COC(=O)C1(C)C=C(C)CC=C1OC. The van der Waals surface area contributed by atoms with Crippen LogP contribution in [0.3, 0.4) is 0 Å². The summed E-state index contributed by atoms with van der Waals surface area (Å²) in [6, 6.07) is 0. The molecule has 0 saturated carbocycles. The molecule has 14 heavy (non-hydrogen) atoms. The maximum atomic E-state index is 11.6. The normalized spacial score (nSPS) is 26.3. The van der Waals surface area contributed by atoms with Crippen LogP contribution in [0.1, 0.15) is 20.3 Å². The molecule has 0 bridgehead atoms. The first kappa shape index (κ1) is 10.8. The molecule has 1 rings (SSSR count). The Hall–Kier alpha value is -1.25. The number of ether oxygens (including phenoxy) is 2. The van der Waals surface area contributed by atoms with Gasteiger partial charge in [-0.3, -0.25) is 4.79 Å². The van der Waals surface area contributed by atoms with Crippen molar-refractivity contribution in [3.63, 3.8) is 0 Å². The first-order valence-corrected chi connectivity index (χ1v) is 4.56. The van der Waals surface area contributed by atoms with E-state index >= 15 is 0 Å². The minimum Gasteiger partial charge on any atom is -0.500 e. The van der Waals surface area contributed by atoms with Gasteiger partial charge in [0.05, 0.1) is 14.2 Å². The Labute approximate surface area is 84.4 Å². The van der Waals surface area contributed by atoms with Crippen molar-refractivity contribution in [1.29, 1.82) is 0 Å². The number of carbonyl (C=O) groups excluding carboxylic acids is 1. The van der Waals surface area contributed by atoms with E-state index in [-0.39, 0.29) is 5.97 Å². The summed E-state index contributed by atoms with van der Waals surface area (Å²) in [5, 5.41) is 0. The summed E-state index contributed by atoms with van der Waals surface area (Å²) in [5.41, 5.74) is 0.393. The van der Waals surface area contributed by atoms with Crippen LogP contribution in [0.2, 0.25) is 0 Å². The zero-order chi connectivity index (χ0) is 10.8. The van der Waals surface area contributed by atoms with Gasteiger partial charge < -0.3 is 9.47 Å². The number of rotatable bonds is 2. The van der Waals surface area contributed by atoms with Gasteiger partial charge in [0, 0.05) is 0 Å². The summed E-state index contributed by atoms with van der Waals surface area (Å²) in [6.45, 7) is 3.79. The van der Waals surface area contributed by atoms with E-state index in [1.54, 1.807) is 14.0 Å². The average molecular weight is 196 g/mol. The summed E-state index contributed by atoms with van der Waals surface area (Å²) in [4.78, 5) is 11.6. The second-order valence-corrected chi connectivity index (χ2v) is 3.66. The smallest absolute Gasteiger partial charge is 0.323 e. The first-order valence-electron chi connectivity index (χ1n) is 4.56. The lowest BCUT2D eigenvalue weighted by Crippen LogP contribution is -2.31. The molecule has 1 atom stereocenters. The predicted octanol–water partition coefficient (Wildman–Crippen LogP) is 2.05. The molecule has 3 nitrogen and oxygen atoms in total. The van der Waals surface area contributed by atoms with Gasteiger partial charge in [-0.1, -0.05) is 11.6 Å². The Morgan fingerprint density at radius 1 is 1.50 bits per heavy atom. The van der Waals surface area contributed by atoms with E-state index in [2.05, 4.69) is 0 Å². The van der Waals surface area contributed by atoms with E-state index in [0.29, 0.717) is 5.76 Å². The molecule has 0 aliphatic heterocycles. The fourth-order valence-electron chi connectivity index (χ4n) is 1.76. The molecule has 1 aliphatic carbocycles. The standard InChI is InChI=1S/C11H16O3/c1-8-5-6-9(13-3)11(2,7-8)10(12)14-4/h6-7H,5H2,1-4H3. The van der Waals surface area contributed by atoms with Crippen molar-refractivity contribution in [1.82, 2.24) is 0 Å².